The van der Waals surface area contributed by atoms with Crippen LogP contribution in [0.25, 0.3) is 6.08 Å². The third kappa shape index (κ3) is 7.05. The lowest BCUT2D eigenvalue weighted by atomic mass is 10.0. The van der Waals surface area contributed by atoms with Crippen LogP contribution in [0.2, 0.25) is 5.02 Å². The van der Waals surface area contributed by atoms with Crippen LogP contribution in [0.1, 0.15) is 24.0 Å². The number of halogens is 1. The largest absolute Gasteiger partial charge is 0.374 e. The highest BCUT2D eigenvalue weighted by Crippen LogP contribution is 2.13. The van der Waals surface area contributed by atoms with Gasteiger partial charge in [-0.05, 0) is 42.5 Å². The molecule has 4 heteroatoms. The molecule has 3 nitrogen and oxygen atoms in total. The first-order chi connectivity index (χ1) is 13.3. The number of aryl methyl sites for hydroxylation is 1. The third-order valence-electron chi connectivity index (χ3n) is 4.42. The van der Waals surface area contributed by atoms with E-state index in [0.29, 0.717) is 6.61 Å². The van der Waals surface area contributed by atoms with E-state index < -0.39 is 0 Å². The molecule has 0 aliphatic carbocycles. The first-order valence-corrected chi connectivity index (χ1v) is 9.71. The second-order valence-corrected chi connectivity index (χ2v) is 6.98. The average Bonchev–Trinajstić information content (AvgIpc) is 3.21. The highest BCUT2D eigenvalue weighted by atomic mass is 35.5. The standard InChI is InChI=1S/C23H25ClN2O/c24-22-12-10-20(11-13-22)8-5-17-27-23(18-21-6-2-1-3-7-21)9-4-15-26-16-14-25-19-26/h1-3,5-8,10-14,16,19,23H,4,9,15,17-18H2. The lowest BCUT2D eigenvalue weighted by Crippen LogP contribution is -2.17. The maximum Gasteiger partial charge on any atom is 0.0945 e. The van der Waals surface area contributed by atoms with Crippen LogP contribution in [0.3, 0.4) is 0 Å². The molecule has 0 amide bonds. The van der Waals surface area contributed by atoms with Crippen LogP contribution >= 0.6 is 11.6 Å². The fourth-order valence-electron chi connectivity index (χ4n) is 2.99. The molecule has 1 aromatic heterocycles. The Morgan fingerprint density at radius 1 is 1.07 bits per heavy atom. The molecule has 1 heterocycles. The second-order valence-electron chi connectivity index (χ2n) is 6.54. The van der Waals surface area contributed by atoms with Crippen LogP contribution in [-0.4, -0.2) is 22.3 Å². The van der Waals surface area contributed by atoms with Crippen molar-refractivity contribution in [2.45, 2.75) is 31.9 Å². The van der Waals surface area contributed by atoms with Crippen LogP contribution in [-0.2, 0) is 17.7 Å². The van der Waals surface area contributed by atoms with E-state index >= 15 is 0 Å². The molecule has 0 aliphatic heterocycles. The number of imidazole rings is 1. The molecule has 1 unspecified atom stereocenters. The van der Waals surface area contributed by atoms with Gasteiger partial charge in [0.25, 0.3) is 0 Å². The second kappa shape index (κ2) is 10.7. The zero-order chi connectivity index (χ0) is 18.7. The molecule has 27 heavy (non-hydrogen) atoms. The predicted molar refractivity (Wildman–Crippen MR) is 112 cm³/mol. The molecule has 2 aromatic carbocycles. The van der Waals surface area contributed by atoms with Gasteiger partial charge in [-0.25, -0.2) is 4.98 Å². The van der Waals surface area contributed by atoms with E-state index in [4.69, 9.17) is 16.3 Å². The summed E-state index contributed by atoms with van der Waals surface area (Å²) in [5, 5.41) is 0.754. The number of benzene rings is 2. The lowest BCUT2D eigenvalue weighted by molar-refractivity contribution is 0.0659. The molecule has 1 atom stereocenters. The normalized spacial score (nSPS) is 12.5. The Morgan fingerprint density at radius 3 is 2.63 bits per heavy atom. The highest BCUT2D eigenvalue weighted by Gasteiger charge is 2.10. The monoisotopic (exact) mass is 380 g/mol. The average molecular weight is 381 g/mol. The topological polar surface area (TPSA) is 27.1 Å². The summed E-state index contributed by atoms with van der Waals surface area (Å²) < 4.78 is 8.28. The van der Waals surface area contributed by atoms with Crippen molar-refractivity contribution in [3.8, 4) is 0 Å². The van der Waals surface area contributed by atoms with E-state index in [0.717, 1.165) is 36.4 Å². The van der Waals surface area contributed by atoms with Gasteiger partial charge in [0.1, 0.15) is 0 Å². The number of aromatic nitrogens is 2. The summed E-state index contributed by atoms with van der Waals surface area (Å²) in [6.07, 6.45) is 13.0. The van der Waals surface area contributed by atoms with Crippen molar-refractivity contribution < 1.29 is 4.74 Å². The first-order valence-electron chi connectivity index (χ1n) is 9.33. The van der Waals surface area contributed by atoms with Crippen molar-refractivity contribution in [3.63, 3.8) is 0 Å². The summed E-state index contributed by atoms with van der Waals surface area (Å²) in [6.45, 7) is 1.57. The molecule has 3 aromatic rings. The maximum atomic E-state index is 6.17. The molecule has 0 radical (unpaired) electrons. The van der Waals surface area contributed by atoms with Crippen LogP contribution in [0.5, 0.6) is 0 Å². The summed E-state index contributed by atoms with van der Waals surface area (Å²) >= 11 is 5.92. The molecule has 0 saturated carbocycles. The number of rotatable bonds is 10. The van der Waals surface area contributed by atoms with E-state index in [1.165, 1.54) is 5.56 Å². The Morgan fingerprint density at radius 2 is 1.89 bits per heavy atom. The number of ether oxygens (including phenoxy) is 1. The molecular formula is C23H25ClN2O. The van der Waals surface area contributed by atoms with Gasteiger partial charge >= 0.3 is 0 Å². The van der Waals surface area contributed by atoms with Gasteiger partial charge in [-0.15, -0.1) is 0 Å². The van der Waals surface area contributed by atoms with Crippen LogP contribution < -0.4 is 0 Å². The van der Waals surface area contributed by atoms with Gasteiger partial charge in [-0.2, -0.15) is 0 Å². The van der Waals surface area contributed by atoms with Gasteiger partial charge in [0.2, 0.25) is 0 Å². The van der Waals surface area contributed by atoms with Gasteiger partial charge in [0.15, 0.2) is 0 Å². The minimum Gasteiger partial charge on any atom is -0.374 e. The molecule has 0 bridgehead atoms. The molecule has 0 N–H and O–H groups in total. The van der Waals surface area contributed by atoms with E-state index in [9.17, 15) is 0 Å². The predicted octanol–water partition coefficient (Wildman–Crippen LogP) is 5.66. The summed E-state index contributed by atoms with van der Waals surface area (Å²) in [7, 11) is 0. The quantitative estimate of drug-likeness (QED) is 0.454. The van der Waals surface area contributed by atoms with Crippen molar-refractivity contribution in [1.29, 1.82) is 0 Å². The summed E-state index contributed by atoms with van der Waals surface area (Å²) in [5.41, 5.74) is 2.44. The van der Waals surface area contributed by atoms with Gasteiger partial charge in [0, 0.05) is 24.0 Å². The van der Waals surface area contributed by atoms with Crippen molar-refractivity contribution in [2.75, 3.05) is 6.61 Å². The zero-order valence-corrected chi connectivity index (χ0v) is 16.1. The van der Waals surface area contributed by atoms with Crippen LogP contribution in [0, 0.1) is 0 Å². The molecule has 3 rings (SSSR count). The minimum atomic E-state index is 0.200. The van der Waals surface area contributed by atoms with Gasteiger partial charge in [0.05, 0.1) is 19.0 Å². The lowest BCUT2D eigenvalue weighted by Gasteiger charge is -2.17. The molecule has 0 spiro atoms. The van der Waals surface area contributed by atoms with E-state index in [1.54, 1.807) is 0 Å². The molecule has 0 saturated heterocycles. The molecular weight excluding hydrogens is 356 g/mol. The van der Waals surface area contributed by atoms with Gasteiger partial charge < -0.3 is 9.30 Å². The Labute approximate surface area is 166 Å². The van der Waals surface area contributed by atoms with Crippen molar-refractivity contribution in [1.82, 2.24) is 9.55 Å². The van der Waals surface area contributed by atoms with Crippen molar-refractivity contribution in [2.24, 2.45) is 0 Å². The SMILES string of the molecule is Clc1ccc(C=CCOC(CCCn2ccnc2)Cc2ccccc2)cc1. The summed E-state index contributed by atoms with van der Waals surface area (Å²) in [4.78, 5) is 4.10. The van der Waals surface area contributed by atoms with Crippen LogP contribution in [0.4, 0.5) is 0 Å². The van der Waals surface area contributed by atoms with E-state index in [2.05, 4.69) is 46.0 Å². The van der Waals surface area contributed by atoms with E-state index in [-0.39, 0.29) is 6.10 Å². The Balaban J connectivity index is 1.51. The fourth-order valence-corrected chi connectivity index (χ4v) is 3.12. The number of hydrogen-bond donors (Lipinski definition) is 0. The number of hydrogen-bond acceptors (Lipinski definition) is 2. The summed E-state index contributed by atoms with van der Waals surface area (Å²) in [6, 6.07) is 18.3. The van der Waals surface area contributed by atoms with Crippen LogP contribution in [0.15, 0.2) is 79.4 Å². The third-order valence-corrected chi connectivity index (χ3v) is 4.67. The zero-order valence-electron chi connectivity index (χ0n) is 15.4. The Hall–Kier alpha value is -2.36. The minimum absolute atomic E-state index is 0.200. The van der Waals surface area contributed by atoms with Gasteiger partial charge in [-0.1, -0.05) is 66.2 Å². The Bertz CT molecular complexity index is 798. The van der Waals surface area contributed by atoms with Crippen molar-refractivity contribution >= 4 is 17.7 Å². The maximum absolute atomic E-state index is 6.17. The fraction of sp³-hybridized carbons (Fsp3) is 0.261. The Kier molecular flexibility index (Phi) is 7.69. The molecule has 0 fully saturated rings. The van der Waals surface area contributed by atoms with E-state index in [1.807, 2.05) is 49.1 Å². The van der Waals surface area contributed by atoms with Crippen molar-refractivity contribution in [3.05, 3.63) is 95.5 Å². The first kappa shape index (κ1) is 19.4. The number of nitrogens with zero attached hydrogens (tertiary/aromatic N) is 2. The molecule has 140 valence electrons. The molecule has 0 aliphatic rings. The smallest absolute Gasteiger partial charge is 0.0945 e. The summed E-state index contributed by atoms with van der Waals surface area (Å²) in [5.74, 6) is 0. The van der Waals surface area contributed by atoms with Gasteiger partial charge in [-0.3, -0.25) is 0 Å². The highest BCUT2D eigenvalue weighted by molar-refractivity contribution is 6.30.